The molecule has 2 unspecified atom stereocenters. The van der Waals surface area contributed by atoms with Crippen LogP contribution in [0.2, 0.25) is 5.02 Å². The Morgan fingerprint density at radius 1 is 1.38 bits per heavy atom. The maximum atomic E-state index is 6.21. The van der Waals surface area contributed by atoms with Gasteiger partial charge in [0.05, 0.1) is 0 Å². The summed E-state index contributed by atoms with van der Waals surface area (Å²) < 4.78 is 1.02. The number of hydrogen-bond acceptors (Lipinski definition) is 1. The minimum atomic E-state index is 0.294. The highest BCUT2D eigenvalue weighted by Gasteiger charge is 2.11. The fourth-order valence-electron chi connectivity index (χ4n) is 1.89. The molecule has 3 heteroatoms. The molecular formula is C13H19BrClN. The van der Waals surface area contributed by atoms with Gasteiger partial charge in [-0.05, 0) is 38.0 Å². The molecule has 0 saturated heterocycles. The number of hydrogen-bond donors (Lipinski definition) is 1. The van der Waals surface area contributed by atoms with Crippen molar-refractivity contribution in [3.8, 4) is 0 Å². The van der Waals surface area contributed by atoms with E-state index in [4.69, 9.17) is 11.6 Å². The highest BCUT2D eigenvalue weighted by Crippen LogP contribution is 2.26. The van der Waals surface area contributed by atoms with Crippen LogP contribution in [0.15, 0.2) is 22.7 Å². The Hall–Kier alpha value is -0.0500. The standard InChI is InChI=1S/C13H19BrClN/c1-4-5-9(2)16-10(3)12-7-6-11(14)8-13(12)15/h6-10,16H,4-5H2,1-3H3. The molecule has 0 aromatic heterocycles. The molecule has 0 fully saturated rings. The van der Waals surface area contributed by atoms with Crippen molar-refractivity contribution in [2.24, 2.45) is 0 Å². The van der Waals surface area contributed by atoms with Gasteiger partial charge in [0.2, 0.25) is 0 Å². The number of nitrogens with one attached hydrogen (secondary N) is 1. The summed E-state index contributed by atoms with van der Waals surface area (Å²) in [6.07, 6.45) is 2.40. The first-order valence-corrected chi connectivity index (χ1v) is 6.92. The van der Waals surface area contributed by atoms with Gasteiger partial charge in [-0.15, -0.1) is 0 Å². The lowest BCUT2D eigenvalue weighted by Crippen LogP contribution is -2.28. The topological polar surface area (TPSA) is 12.0 Å². The van der Waals surface area contributed by atoms with Crippen LogP contribution in [0, 0.1) is 0 Å². The highest BCUT2D eigenvalue weighted by atomic mass is 79.9. The number of benzene rings is 1. The van der Waals surface area contributed by atoms with Crippen LogP contribution < -0.4 is 5.32 Å². The van der Waals surface area contributed by atoms with Crippen molar-refractivity contribution in [2.45, 2.75) is 45.7 Å². The molecule has 16 heavy (non-hydrogen) atoms. The van der Waals surface area contributed by atoms with Gasteiger partial charge < -0.3 is 5.32 Å². The largest absolute Gasteiger partial charge is 0.308 e. The fourth-order valence-corrected chi connectivity index (χ4v) is 2.72. The van der Waals surface area contributed by atoms with E-state index in [0.29, 0.717) is 12.1 Å². The molecule has 1 aromatic rings. The Balaban J connectivity index is 2.69. The molecular weight excluding hydrogens is 286 g/mol. The zero-order valence-electron chi connectivity index (χ0n) is 10.1. The van der Waals surface area contributed by atoms with Crippen LogP contribution in [0.5, 0.6) is 0 Å². The van der Waals surface area contributed by atoms with E-state index in [1.807, 2.05) is 12.1 Å². The van der Waals surface area contributed by atoms with Gasteiger partial charge in [-0.25, -0.2) is 0 Å². The maximum Gasteiger partial charge on any atom is 0.0464 e. The fraction of sp³-hybridized carbons (Fsp3) is 0.538. The predicted molar refractivity (Wildman–Crippen MR) is 75.1 cm³/mol. The molecule has 1 nitrogen and oxygen atoms in total. The first-order valence-electron chi connectivity index (χ1n) is 5.75. The summed E-state index contributed by atoms with van der Waals surface area (Å²) in [6, 6.07) is 6.87. The summed E-state index contributed by atoms with van der Waals surface area (Å²) in [4.78, 5) is 0. The van der Waals surface area contributed by atoms with Crippen LogP contribution in [0.25, 0.3) is 0 Å². The van der Waals surface area contributed by atoms with E-state index in [0.717, 1.165) is 15.1 Å². The summed E-state index contributed by atoms with van der Waals surface area (Å²) in [5.74, 6) is 0. The van der Waals surface area contributed by atoms with Crippen molar-refractivity contribution >= 4 is 27.5 Å². The molecule has 0 amide bonds. The van der Waals surface area contributed by atoms with Crippen LogP contribution in [0.3, 0.4) is 0 Å². The van der Waals surface area contributed by atoms with Gasteiger partial charge in [0, 0.05) is 21.6 Å². The first-order chi connectivity index (χ1) is 7.54. The van der Waals surface area contributed by atoms with E-state index in [-0.39, 0.29) is 0 Å². The molecule has 0 radical (unpaired) electrons. The highest BCUT2D eigenvalue weighted by molar-refractivity contribution is 9.10. The zero-order chi connectivity index (χ0) is 12.1. The first kappa shape index (κ1) is 14.0. The van der Waals surface area contributed by atoms with Crippen molar-refractivity contribution in [1.29, 1.82) is 0 Å². The summed E-state index contributed by atoms with van der Waals surface area (Å²) in [5.41, 5.74) is 1.16. The SMILES string of the molecule is CCCC(C)NC(C)c1ccc(Br)cc1Cl. The van der Waals surface area contributed by atoms with E-state index < -0.39 is 0 Å². The average molecular weight is 305 g/mol. The third-order valence-corrected chi connectivity index (χ3v) is 3.51. The third kappa shape index (κ3) is 4.08. The van der Waals surface area contributed by atoms with Gasteiger partial charge in [0.1, 0.15) is 0 Å². The molecule has 0 heterocycles. The van der Waals surface area contributed by atoms with Crippen molar-refractivity contribution in [1.82, 2.24) is 5.32 Å². The Kier molecular flexibility index (Phi) is 5.81. The van der Waals surface area contributed by atoms with Gasteiger partial charge in [0.15, 0.2) is 0 Å². The quantitative estimate of drug-likeness (QED) is 0.812. The van der Waals surface area contributed by atoms with Gasteiger partial charge >= 0.3 is 0 Å². The molecule has 2 atom stereocenters. The van der Waals surface area contributed by atoms with Crippen molar-refractivity contribution in [3.63, 3.8) is 0 Å². The van der Waals surface area contributed by atoms with E-state index >= 15 is 0 Å². The molecule has 1 rings (SSSR count). The van der Waals surface area contributed by atoms with Crippen LogP contribution in [0.4, 0.5) is 0 Å². The molecule has 0 saturated carbocycles. The normalized spacial score (nSPS) is 14.8. The molecule has 0 bridgehead atoms. The second-order valence-corrected chi connectivity index (χ2v) is 5.57. The van der Waals surface area contributed by atoms with Crippen molar-refractivity contribution < 1.29 is 0 Å². The lowest BCUT2D eigenvalue weighted by Gasteiger charge is -2.21. The molecule has 90 valence electrons. The molecule has 0 aliphatic carbocycles. The second-order valence-electron chi connectivity index (χ2n) is 4.24. The van der Waals surface area contributed by atoms with Crippen molar-refractivity contribution in [3.05, 3.63) is 33.3 Å². The molecule has 1 aromatic carbocycles. The number of halogens is 2. The van der Waals surface area contributed by atoms with Crippen LogP contribution in [-0.2, 0) is 0 Å². The monoisotopic (exact) mass is 303 g/mol. The molecule has 0 spiro atoms. The Labute approximate surface area is 112 Å². The van der Waals surface area contributed by atoms with E-state index in [9.17, 15) is 0 Å². The Morgan fingerprint density at radius 2 is 2.06 bits per heavy atom. The average Bonchev–Trinajstić information content (AvgIpc) is 2.17. The maximum absolute atomic E-state index is 6.21. The van der Waals surface area contributed by atoms with E-state index in [2.05, 4.69) is 48.1 Å². The van der Waals surface area contributed by atoms with Gasteiger partial charge in [0.25, 0.3) is 0 Å². The van der Waals surface area contributed by atoms with Crippen LogP contribution in [-0.4, -0.2) is 6.04 Å². The zero-order valence-corrected chi connectivity index (χ0v) is 12.4. The Bertz CT molecular complexity index is 341. The number of rotatable bonds is 5. The van der Waals surface area contributed by atoms with Gasteiger partial charge in [-0.2, -0.15) is 0 Å². The lowest BCUT2D eigenvalue weighted by molar-refractivity contribution is 0.453. The molecule has 1 N–H and O–H groups in total. The van der Waals surface area contributed by atoms with Gasteiger partial charge in [-0.1, -0.05) is 46.9 Å². The summed E-state index contributed by atoms with van der Waals surface area (Å²) in [5, 5.41) is 4.38. The van der Waals surface area contributed by atoms with E-state index in [1.165, 1.54) is 12.8 Å². The smallest absolute Gasteiger partial charge is 0.0464 e. The second kappa shape index (κ2) is 6.63. The van der Waals surface area contributed by atoms with Crippen LogP contribution >= 0.6 is 27.5 Å². The molecule has 0 aliphatic rings. The van der Waals surface area contributed by atoms with E-state index in [1.54, 1.807) is 0 Å². The third-order valence-electron chi connectivity index (χ3n) is 2.69. The summed E-state index contributed by atoms with van der Waals surface area (Å²) in [6.45, 7) is 6.57. The minimum absolute atomic E-state index is 0.294. The van der Waals surface area contributed by atoms with Gasteiger partial charge in [-0.3, -0.25) is 0 Å². The predicted octanol–water partition coefficient (Wildman–Crippen LogP) is 4.94. The van der Waals surface area contributed by atoms with Crippen molar-refractivity contribution in [2.75, 3.05) is 0 Å². The summed E-state index contributed by atoms with van der Waals surface area (Å²) >= 11 is 9.63. The molecule has 0 aliphatic heterocycles. The van der Waals surface area contributed by atoms with Crippen LogP contribution in [0.1, 0.15) is 45.2 Å². The Morgan fingerprint density at radius 3 is 2.62 bits per heavy atom. The minimum Gasteiger partial charge on any atom is -0.308 e. The summed E-state index contributed by atoms with van der Waals surface area (Å²) in [7, 11) is 0. The lowest BCUT2D eigenvalue weighted by atomic mass is 10.1.